The lowest BCUT2D eigenvalue weighted by atomic mass is 10.1. The van der Waals surface area contributed by atoms with Crippen LogP contribution in [0.4, 0.5) is 0 Å². The van der Waals surface area contributed by atoms with Gasteiger partial charge in [-0.05, 0) is 48.5 Å². The number of hydrogen-bond acceptors (Lipinski definition) is 5. The minimum atomic E-state index is -3.84. The molecule has 0 unspecified atom stereocenters. The normalized spacial score (nSPS) is 11.6. The fraction of sp³-hybridized carbons (Fsp3) is 0.0400. The number of rotatable bonds is 5. The Morgan fingerprint density at radius 2 is 1.55 bits per heavy atom. The lowest BCUT2D eigenvalue weighted by molar-refractivity contribution is 0.415. The fourth-order valence-electron chi connectivity index (χ4n) is 3.62. The zero-order valence-corrected chi connectivity index (χ0v) is 19.9. The van der Waals surface area contributed by atoms with E-state index in [0.29, 0.717) is 22.6 Å². The van der Waals surface area contributed by atoms with Crippen LogP contribution >= 0.6 is 15.9 Å². The second kappa shape index (κ2) is 8.46. The summed E-state index contributed by atoms with van der Waals surface area (Å²) in [6.45, 7) is 0. The fourth-order valence-corrected chi connectivity index (χ4v) is 5.30. The van der Waals surface area contributed by atoms with Crippen molar-refractivity contribution in [3.63, 3.8) is 0 Å². The Kier molecular flexibility index (Phi) is 5.47. The van der Waals surface area contributed by atoms with Crippen molar-refractivity contribution >= 4 is 31.4 Å². The van der Waals surface area contributed by atoms with Crippen LogP contribution in [0.1, 0.15) is 0 Å². The van der Waals surface area contributed by atoms with Gasteiger partial charge >= 0.3 is 0 Å². The average molecular weight is 520 g/mol. The molecule has 0 aliphatic carbocycles. The first-order valence-electron chi connectivity index (χ1n) is 10.1. The monoisotopic (exact) mass is 519 g/mol. The molecule has 164 valence electrons. The molecule has 0 N–H and O–H groups in total. The van der Waals surface area contributed by atoms with Gasteiger partial charge < -0.3 is 4.74 Å². The Hall–Kier alpha value is -3.49. The Labute approximate surface area is 199 Å². The van der Waals surface area contributed by atoms with Crippen molar-refractivity contribution in [2.24, 2.45) is 0 Å². The molecule has 0 atom stereocenters. The molecule has 0 aliphatic rings. The van der Waals surface area contributed by atoms with Gasteiger partial charge in [0.2, 0.25) is 9.84 Å². The highest BCUT2D eigenvalue weighted by molar-refractivity contribution is 9.10. The van der Waals surface area contributed by atoms with E-state index in [4.69, 9.17) is 9.84 Å². The van der Waals surface area contributed by atoms with E-state index in [-0.39, 0.29) is 9.79 Å². The van der Waals surface area contributed by atoms with Crippen LogP contribution in [0.5, 0.6) is 5.75 Å². The van der Waals surface area contributed by atoms with Crippen LogP contribution in [-0.4, -0.2) is 30.1 Å². The highest BCUT2D eigenvalue weighted by atomic mass is 79.9. The number of methoxy groups -OCH3 is 1. The molecular weight excluding hydrogens is 502 g/mol. The smallest absolute Gasteiger partial charge is 0.210 e. The largest absolute Gasteiger partial charge is 0.497 e. The summed E-state index contributed by atoms with van der Waals surface area (Å²) < 4.78 is 34.9. The van der Waals surface area contributed by atoms with Gasteiger partial charge in [0.25, 0.3) is 0 Å². The van der Waals surface area contributed by atoms with Crippen molar-refractivity contribution in [3.05, 3.63) is 95.6 Å². The summed E-state index contributed by atoms with van der Waals surface area (Å²) >= 11 is 3.45. The average Bonchev–Trinajstić information content (AvgIpc) is 3.29. The van der Waals surface area contributed by atoms with E-state index in [1.807, 2.05) is 54.6 Å². The molecule has 0 saturated carbocycles. The van der Waals surface area contributed by atoms with Gasteiger partial charge in [0, 0.05) is 21.7 Å². The van der Waals surface area contributed by atoms with E-state index in [0.717, 1.165) is 15.8 Å². The molecule has 5 rings (SSSR count). The Bertz CT molecular complexity index is 1550. The van der Waals surface area contributed by atoms with Gasteiger partial charge in [-0.15, -0.1) is 0 Å². The third-order valence-electron chi connectivity index (χ3n) is 5.30. The minimum absolute atomic E-state index is 0.0907. The zero-order valence-electron chi connectivity index (χ0n) is 17.5. The third-order valence-corrected chi connectivity index (χ3v) is 7.60. The van der Waals surface area contributed by atoms with Crippen molar-refractivity contribution < 1.29 is 13.2 Å². The first-order chi connectivity index (χ1) is 16.0. The van der Waals surface area contributed by atoms with E-state index in [2.05, 4.69) is 20.9 Å². The van der Waals surface area contributed by atoms with Gasteiger partial charge in [-0.1, -0.05) is 46.3 Å². The van der Waals surface area contributed by atoms with Crippen LogP contribution in [0.2, 0.25) is 0 Å². The number of nitrogens with zero attached hydrogens (tertiary/aromatic N) is 3. The Balaban J connectivity index is 1.77. The van der Waals surface area contributed by atoms with Crippen molar-refractivity contribution in [1.82, 2.24) is 14.6 Å². The van der Waals surface area contributed by atoms with Gasteiger partial charge in [-0.25, -0.2) is 17.9 Å². The predicted octanol–water partition coefficient (Wildman–Crippen LogP) is 5.67. The molecule has 2 aromatic heterocycles. The second-order valence-electron chi connectivity index (χ2n) is 7.32. The minimum Gasteiger partial charge on any atom is -0.497 e. The summed E-state index contributed by atoms with van der Waals surface area (Å²) in [5.41, 5.74) is 3.26. The van der Waals surface area contributed by atoms with Crippen molar-refractivity contribution in [2.75, 3.05) is 7.11 Å². The number of fused-ring (bicyclic) bond motifs is 1. The van der Waals surface area contributed by atoms with Gasteiger partial charge in [0.15, 0.2) is 5.65 Å². The number of halogens is 1. The summed E-state index contributed by atoms with van der Waals surface area (Å²) in [7, 11) is -2.22. The number of aromatic nitrogens is 3. The quantitative estimate of drug-likeness (QED) is 0.299. The topological polar surface area (TPSA) is 73.6 Å². The van der Waals surface area contributed by atoms with Gasteiger partial charge in [-0.3, -0.25) is 0 Å². The van der Waals surface area contributed by atoms with Crippen molar-refractivity contribution in [1.29, 1.82) is 0 Å². The van der Waals surface area contributed by atoms with Gasteiger partial charge in [0.1, 0.15) is 10.6 Å². The van der Waals surface area contributed by atoms with Crippen LogP contribution in [0.15, 0.2) is 105 Å². The summed E-state index contributed by atoms with van der Waals surface area (Å²) in [6.07, 6.45) is 1.41. The molecule has 2 heterocycles. The van der Waals surface area contributed by atoms with E-state index in [1.54, 1.807) is 42.0 Å². The molecule has 0 aliphatic heterocycles. The van der Waals surface area contributed by atoms with Gasteiger partial charge in [0.05, 0.1) is 29.6 Å². The summed E-state index contributed by atoms with van der Waals surface area (Å²) in [6, 6.07) is 25.2. The SMILES string of the molecule is COc1ccc(-c2cc3ncc(S(=O)(=O)c4ccccc4)c(-c4ccc(Br)cc4)n3n2)cc1. The molecule has 0 amide bonds. The molecule has 0 fully saturated rings. The van der Waals surface area contributed by atoms with Gasteiger partial charge in [-0.2, -0.15) is 5.10 Å². The number of sulfone groups is 1. The number of benzene rings is 3. The number of hydrogen-bond donors (Lipinski definition) is 0. The molecule has 0 bridgehead atoms. The first-order valence-corrected chi connectivity index (χ1v) is 12.3. The molecule has 8 heteroatoms. The maximum atomic E-state index is 13.6. The van der Waals surface area contributed by atoms with E-state index in [9.17, 15) is 8.42 Å². The van der Waals surface area contributed by atoms with Crippen LogP contribution in [0.25, 0.3) is 28.2 Å². The first kappa shape index (κ1) is 21.4. The maximum Gasteiger partial charge on any atom is 0.210 e. The van der Waals surface area contributed by atoms with Crippen LogP contribution < -0.4 is 4.74 Å². The molecular formula is C25H18BrN3O3S. The highest BCUT2D eigenvalue weighted by Gasteiger charge is 2.26. The highest BCUT2D eigenvalue weighted by Crippen LogP contribution is 2.33. The Morgan fingerprint density at radius 1 is 0.879 bits per heavy atom. The molecule has 0 radical (unpaired) electrons. The summed E-state index contributed by atoms with van der Waals surface area (Å²) in [4.78, 5) is 4.74. The standard InChI is InChI=1S/C25H18BrN3O3S/c1-32-20-13-9-17(10-14-20)22-15-24-27-16-23(33(30,31)21-5-3-2-4-6-21)25(29(24)28-22)18-7-11-19(26)12-8-18/h2-16H,1H3. The molecule has 3 aromatic carbocycles. The predicted molar refractivity (Wildman–Crippen MR) is 130 cm³/mol. The van der Waals surface area contributed by atoms with Crippen LogP contribution in [-0.2, 0) is 9.84 Å². The van der Waals surface area contributed by atoms with E-state index < -0.39 is 9.84 Å². The molecule has 6 nitrogen and oxygen atoms in total. The molecule has 0 spiro atoms. The second-order valence-corrected chi connectivity index (χ2v) is 10.2. The van der Waals surface area contributed by atoms with Crippen molar-refractivity contribution in [3.8, 4) is 28.3 Å². The van der Waals surface area contributed by atoms with E-state index >= 15 is 0 Å². The molecule has 0 saturated heterocycles. The Morgan fingerprint density at radius 3 is 2.21 bits per heavy atom. The number of ether oxygens (including phenoxy) is 1. The molecule has 33 heavy (non-hydrogen) atoms. The summed E-state index contributed by atoms with van der Waals surface area (Å²) in [5.74, 6) is 0.743. The lowest BCUT2D eigenvalue weighted by Gasteiger charge is -2.12. The third kappa shape index (κ3) is 3.92. The van der Waals surface area contributed by atoms with Crippen LogP contribution in [0.3, 0.4) is 0 Å². The van der Waals surface area contributed by atoms with E-state index in [1.165, 1.54) is 6.20 Å². The van der Waals surface area contributed by atoms with Crippen molar-refractivity contribution in [2.45, 2.75) is 9.79 Å². The summed E-state index contributed by atoms with van der Waals surface area (Å²) in [5, 5.41) is 4.74. The molecule has 5 aromatic rings. The zero-order chi connectivity index (χ0) is 23.0. The lowest BCUT2D eigenvalue weighted by Crippen LogP contribution is -2.09. The maximum absolute atomic E-state index is 13.6. The van der Waals surface area contributed by atoms with Crippen LogP contribution in [0, 0.1) is 0 Å².